The van der Waals surface area contributed by atoms with E-state index in [1.165, 1.54) is 37.6 Å². The number of halogens is 2. The summed E-state index contributed by atoms with van der Waals surface area (Å²) in [5.41, 5.74) is 2.38. The van der Waals surface area contributed by atoms with Crippen molar-refractivity contribution in [3.8, 4) is 0 Å². The second-order valence-electron chi connectivity index (χ2n) is 6.37. The maximum absolute atomic E-state index is 12.0. The highest BCUT2D eigenvalue weighted by atomic mass is 35.5. The normalized spacial score (nSPS) is 10.6. The summed E-state index contributed by atoms with van der Waals surface area (Å²) in [4.78, 5) is 47.1. The summed E-state index contributed by atoms with van der Waals surface area (Å²) < 4.78 is 10.2. The Bertz CT molecular complexity index is 1040. The molecule has 0 atom stereocenters. The molecule has 0 saturated carbocycles. The van der Waals surface area contributed by atoms with Gasteiger partial charge in [0.1, 0.15) is 11.5 Å². The van der Waals surface area contributed by atoms with Crippen LogP contribution in [0.15, 0.2) is 39.9 Å². The average molecular weight is 498 g/mol. The van der Waals surface area contributed by atoms with Gasteiger partial charge in [-0.05, 0) is 36.8 Å². The summed E-state index contributed by atoms with van der Waals surface area (Å²) in [7, 11) is 1.54. The van der Waals surface area contributed by atoms with E-state index in [0.717, 1.165) is 0 Å². The van der Waals surface area contributed by atoms with Crippen molar-refractivity contribution in [2.24, 2.45) is 5.10 Å². The maximum Gasteiger partial charge on any atom is 0.329 e. The first-order valence-electron chi connectivity index (χ1n) is 9.53. The van der Waals surface area contributed by atoms with Crippen molar-refractivity contribution in [3.05, 3.63) is 51.9 Å². The van der Waals surface area contributed by atoms with Gasteiger partial charge in [0.2, 0.25) is 0 Å². The lowest BCUT2D eigenvalue weighted by Crippen LogP contribution is -2.38. The largest absolute Gasteiger partial charge is 0.458 e. The van der Waals surface area contributed by atoms with E-state index in [9.17, 15) is 19.2 Å². The number of benzene rings is 1. The van der Waals surface area contributed by atoms with Crippen LogP contribution in [0.2, 0.25) is 10.0 Å². The van der Waals surface area contributed by atoms with Gasteiger partial charge >= 0.3 is 23.6 Å². The van der Waals surface area contributed by atoms with Gasteiger partial charge in [0.05, 0.1) is 22.8 Å². The Morgan fingerprint density at radius 3 is 2.48 bits per heavy atom. The molecule has 0 radical (unpaired) electrons. The molecular formula is C20H21Cl2N5O6. The van der Waals surface area contributed by atoms with Crippen LogP contribution < -0.4 is 21.4 Å². The Hall–Kier alpha value is -3.41. The van der Waals surface area contributed by atoms with Crippen LogP contribution in [0.5, 0.6) is 0 Å². The zero-order chi connectivity index (χ0) is 24.2. The van der Waals surface area contributed by atoms with Crippen molar-refractivity contribution in [1.29, 1.82) is 0 Å². The number of anilines is 1. The standard InChI is InChI=1S/C20H21Cl2N5O6/c1-32-8-2-7-23-18(29)20(31)27-25-11-14-5-4-13(33-14)10-24-17(28)19(30)26-12-3-6-15(21)16(22)9-12/h3-6,9,11H,2,7-8,10H2,1H3,(H,23,29)(H,24,28)(H,26,30)(H,27,31)/b25-11+. The molecule has 11 nitrogen and oxygen atoms in total. The Balaban J connectivity index is 1.75. The molecule has 0 aliphatic carbocycles. The zero-order valence-electron chi connectivity index (χ0n) is 17.4. The van der Waals surface area contributed by atoms with Crippen LogP contribution in [0, 0.1) is 0 Å². The van der Waals surface area contributed by atoms with Crippen LogP contribution in [-0.2, 0) is 30.5 Å². The van der Waals surface area contributed by atoms with Crippen LogP contribution >= 0.6 is 23.2 Å². The lowest BCUT2D eigenvalue weighted by atomic mass is 10.3. The molecule has 0 spiro atoms. The first kappa shape index (κ1) is 25.8. The average Bonchev–Trinajstić information content (AvgIpc) is 3.25. The minimum Gasteiger partial charge on any atom is -0.458 e. The molecule has 1 aromatic heterocycles. The highest BCUT2D eigenvalue weighted by Crippen LogP contribution is 2.24. The smallest absolute Gasteiger partial charge is 0.329 e. The van der Waals surface area contributed by atoms with Crippen LogP contribution in [0.4, 0.5) is 5.69 Å². The Kier molecular flexibility index (Phi) is 10.3. The van der Waals surface area contributed by atoms with Gasteiger partial charge in [0.25, 0.3) is 0 Å². The van der Waals surface area contributed by atoms with Crippen molar-refractivity contribution in [2.75, 3.05) is 25.6 Å². The summed E-state index contributed by atoms with van der Waals surface area (Å²) in [6.45, 7) is 0.684. The number of nitrogens with one attached hydrogen (secondary N) is 4. The number of ether oxygens (including phenoxy) is 1. The second kappa shape index (κ2) is 13.2. The number of amides is 4. The molecule has 0 fully saturated rings. The van der Waals surface area contributed by atoms with Gasteiger partial charge in [-0.2, -0.15) is 5.10 Å². The molecule has 1 heterocycles. The first-order chi connectivity index (χ1) is 15.8. The van der Waals surface area contributed by atoms with Gasteiger partial charge in [-0.3, -0.25) is 19.2 Å². The van der Waals surface area contributed by atoms with E-state index in [0.29, 0.717) is 36.0 Å². The third-order valence-corrected chi connectivity index (χ3v) is 4.60. The van der Waals surface area contributed by atoms with Crippen molar-refractivity contribution in [1.82, 2.24) is 16.1 Å². The fraction of sp³-hybridized carbons (Fsp3) is 0.250. The van der Waals surface area contributed by atoms with Crippen LogP contribution in [0.3, 0.4) is 0 Å². The fourth-order valence-corrected chi connectivity index (χ4v) is 2.57. The summed E-state index contributed by atoms with van der Waals surface area (Å²) in [6, 6.07) is 7.47. The molecular weight excluding hydrogens is 477 g/mol. The lowest BCUT2D eigenvalue weighted by Gasteiger charge is -2.06. The molecule has 2 rings (SSSR count). The Labute approximate surface area is 198 Å². The van der Waals surface area contributed by atoms with Gasteiger partial charge in [-0.25, -0.2) is 5.43 Å². The van der Waals surface area contributed by atoms with Crippen molar-refractivity contribution >= 4 is 58.7 Å². The van der Waals surface area contributed by atoms with Gasteiger partial charge in [-0.15, -0.1) is 0 Å². The minimum atomic E-state index is -0.935. The molecule has 4 amide bonds. The summed E-state index contributed by atoms with van der Waals surface area (Å²) in [6.07, 6.45) is 1.75. The van der Waals surface area contributed by atoms with Crippen molar-refractivity contribution in [2.45, 2.75) is 13.0 Å². The van der Waals surface area contributed by atoms with E-state index in [1.807, 2.05) is 0 Å². The van der Waals surface area contributed by atoms with Gasteiger partial charge < -0.3 is 25.1 Å². The Morgan fingerprint density at radius 1 is 1.00 bits per heavy atom. The third kappa shape index (κ3) is 8.93. The number of hydrogen-bond acceptors (Lipinski definition) is 7. The minimum absolute atomic E-state index is 0.0717. The number of hydrogen-bond donors (Lipinski definition) is 4. The molecule has 33 heavy (non-hydrogen) atoms. The van der Waals surface area contributed by atoms with E-state index in [4.69, 9.17) is 32.4 Å². The molecule has 2 aromatic rings. The molecule has 1 aromatic carbocycles. The predicted octanol–water partition coefficient (Wildman–Crippen LogP) is 1.44. The number of carbonyl (C=O) groups is 4. The fourth-order valence-electron chi connectivity index (χ4n) is 2.27. The number of carbonyl (C=O) groups excluding carboxylic acids is 4. The van der Waals surface area contributed by atoms with Gasteiger partial charge in [-0.1, -0.05) is 23.2 Å². The molecule has 0 bridgehead atoms. The third-order valence-electron chi connectivity index (χ3n) is 3.86. The van der Waals surface area contributed by atoms with Gasteiger partial charge in [0.15, 0.2) is 0 Å². The summed E-state index contributed by atoms with van der Waals surface area (Å²) in [5.74, 6) is -2.97. The van der Waals surface area contributed by atoms with E-state index < -0.39 is 23.6 Å². The van der Waals surface area contributed by atoms with E-state index >= 15 is 0 Å². The molecule has 13 heteroatoms. The van der Waals surface area contributed by atoms with E-state index in [1.54, 1.807) is 6.07 Å². The zero-order valence-corrected chi connectivity index (χ0v) is 19.0. The summed E-state index contributed by atoms with van der Waals surface area (Å²) >= 11 is 11.7. The molecule has 0 saturated heterocycles. The van der Waals surface area contributed by atoms with Crippen LogP contribution in [-0.4, -0.2) is 50.1 Å². The topological polar surface area (TPSA) is 151 Å². The molecule has 0 aliphatic rings. The molecule has 4 N–H and O–H groups in total. The quantitative estimate of drug-likeness (QED) is 0.178. The first-order valence-corrected chi connectivity index (χ1v) is 10.3. The highest BCUT2D eigenvalue weighted by Gasteiger charge is 2.15. The highest BCUT2D eigenvalue weighted by molar-refractivity contribution is 6.43. The molecule has 0 aliphatic heterocycles. The number of furan rings is 1. The van der Waals surface area contributed by atoms with E-state index in [-0.39, 0.29) is 17.3 Å². The monoisotopic (exact) mass is 497 g/mol. The van der Waals surface area contributed by atoms with Gasteiger partial charge in [0, 0.05) is 25.9 Å². The number of hydrazone groups is 1. The molecule has 0 unspecified atom stereocenters. The maximum atomic E-state index is 12.0. The second-order valence-corrected chi connectivity index (χ2v) is 7.19. The van der Waals surface area contributed by atoms with Crippen LogP contribution in [0.25, 0.3) is 0 Å². The van der Waals surface area contributed by atoms with E-state index in [2.05, 4.69) is 26.5 Å². The SMILES string of the molecule is COCCCNC(=O)C(=O)N/N=C/c1ccc(CNC(=O)C(=O)Nc2ccc(Cl)c(Cl)c2)o1. The predicted molar refractivity (Wildman–Crippen MR) is 121 cm³/mol. The number of nitrogens with zero attached hydrogens (tertiary/aromatic N) is 1. The number of methoxy groups -OCH3 is 1. The lowest BCUT2D eigenvalue weighted by molar-refractivity contribution is -0.139. The number of rotatable bonds is 9. The van der Waals surface area contributed by atoms with Crippen molar-refractivity contribution in [3.63, 3.8) is 0 Å². The summed E-state index contributed by atoms with van der Waals surface area (Å²) in [5, 5.41) is 11.4. The van der Waals surface area contributed by atoms with Crippen molar-refractivity contribution < 1.29 is 28.3 Å². The Morgan fingerprint density at radius 2 is 1.76 bits per heavy atom. The molecule has 176 valence electrons. The van der Waals surface area contributed by atoms with Crippen LogP contribution in [0.1, 0.15) is 17.9 Å².